The van der Waals surface area contributed by atoms with Gasteiger partial charge in [-0.05, 0) is 62.4 Å². The molecule has 1 heterocycles. The van der Waals surface area contributed by atoms with Crippen molar-refractivity contribution in [2.75, 3.05) is 0 Å². The van der Waals surface area contributed by atoms with Gasteiger partial charge in [-0.3, -0.25) is 0 Å². The summed E-state index contributed by atoms with van der Waals surface area (Å²) in [6.45, 7) is 8.98. The summed E-state index contributed by atoms with van der Waals surface area (Å²) in [6.07, 6.45) is 0. The van der Waals surface area contributed by atoms with Gasteiger partial charge in [0.05, 0.1) is 0 Å². The van der Waals surface area contributed by atoms with Gasteiger partial charge in [0, 0.05) is 16.3 Å². The van der Waals surface area contributed by atoms with Crippen LogP contribution in [0, 0.1) is 6.92 Å². The Morgan fingerprint density at radius 1 is 0.567 bits per heavy atom. The Hall–Kier alpha value is -3.32. The summed E-state index contributed by atoms with van der Waals surface area (Å²) in [5.74, 6) is 0. The third-order valence-electron chi connectivity index (χ3n) is 6.46. The molecule has 1 aromatic heterocycles. The normalized spacial score (nSPS) is 12.7. The first-order chi connectivity index (χ1) is 14.4. The number of rotatable bonds is 0. The lowest BCUT2D eigenvalue weighted by molar-refractivity contribution is 0.569. The first kappa shape index (κ1) is 17.5. The molecule has 0 fully saturated rings. The predicted molar refractivity (Wildman–Crippen MR) is 130 cm³/mol. The zero-order chi connectivity index (χ0) is 20.6. The fourth-order valence-electron chi connectivity index (χ4n) is 5.27. The third kappa shape index (κ3) is 2.29. The lowest BCUT2D eigenvalue weighted by Gasteiger charge is -2.21. The monoisotopic (exact) mass is 388 g/mol. The summed E-state index contributed by atoms with van der Waals surface area (Å²) in [5.41, 5.74) is 4.61. The highest BCUT2D eigenvalue weighted by molar-refractivity contribution is 6.28. The molecular weight excluding hydrogens is 364 g/mol. The van der Waals surface area contributed by atoms with Gasteiger partial charge in [-0.1, -0.05) is 81.4 Å². The van der Waals surface area contributed by atoms with E-state index in [1.807, 2.05) is 0 Å². The molecule has 0 radical (unpaired) electrons. The molecule has 0 aliphatic carbocycles. The van der Waals surface area contributed by atoms with Crippen molar-refractivity contribution < 1.29 is 4.42 Å². The van der Waals surface area contributed by atoms with Crippen LogP contribution in [0.25, 0.3) is 54.3 Å². The maximum absolute atomic E-state index is 6.56. The van der Waals surface area contributed by atoms with E-state index in [4.69, 9.17) is 4.42 Å². The Balaban J connectivity index is 1.87. The number of hydrogen-bond donors (Lipinski definition) is 0. The van der Waals surface area contributed by atoms with Gasteiger partial charge < -0.3 is 4.42 Å². The minimum Gasteiger partial charge on any atom is -0.456 e. The average molecular weight is 389 g/mol. The maximum atomic E-state index is 6.56. The van der Waals surface area contributed by atoms with Gasteiger partial charge in [-0.15, -0.1) is 0 Å². The quantitative estimate of drug-likeness (QED) is 0.237. The van der Waals surface area contributed by atoms with Crippen molar-refractivity contribution in [2.45, 2.75) is 33.1 Å². The summed E-state index contributed by atoms with van der Waals surface area (Å²) in [7, 11) is 0. The number of fused-ring (bicyclic) bond motifs is 9. The largest absolute Gasteiger partial charge is 0.456 e. The summed E-state index contributed by atoms with van der Waals surface area (Å²) in [4.78, 5) is 0. The lowest BCUT2D eigenvalue weighted by Crippen LogP contribution is -2.13. The first-order valence-corrected chi connectivity index (χ1v) is 10.6. The molecule has 30 heavy (non-hydrogen) atoms. The molecule has 146 valence electrons. The summed E-state index contributed by atoms with van der Waals surface area (Å²) >= 11 is 0. The summed E-state index contributed by atoms with van der Waals surface area (Å²) < 4.78 is 6.56. The summed E-state index contributed by atoms with van der Waals surface area (Å²) in [6, 6.07) is 26.5. The van der Waals surface area contributed by atoms with E-state index in [0.29, 0.717) is 0 Å². The van der Waals surface area contributed by atoms with Crippen LogP contribution in [0.5, 0.6) is 0 Å². The van der Waals surface area contributed by atoms with Gasteiger partial charge in [0.1, 0.15) is 11.2 Å². The molecule has 0 bridgehead atoms. The minimum absolute atomic E-state index is 0.0241. The smallest absolute Gasteiger partial charge is 0.139 e. The van der Waals surface area contributed by atoms with Crippen LogP contribution in [0.2, 0.25) is 0 Å². The molecule has 0 saturated carbocycles. The maximum Gasteiger partial charge on any atom is 0.139 e. The van der Waals surface area contributed by atoms with Crippen LogP contribution < -0.4 is 0 Å². The van der Waals surface area contributed by atoms with Crippen LogP contribution in [0.1, 0.15) is 31.9 Å². The Bertz CT molecular complexity index is 1620. The van der Waals surface area contributed by atoms with Crippen LogP contribution >= 0.6 is 0 Å². The third-order valence-corrected chi connectivity index (χ3v) is 6.46. The van der Waals surface area contributed by atoms with E-state index < -0.39 is 0 Å². The van der Waals surface area contributed by atoms with E-state index in [9.17, 15) is 0 Å². The summed E-state index contributed by atoms with van der Waals surface area (Å²) in [5, 5.41) is 10.1. The van der Waals surface area contributed by atoms with Crippen molar-refractivity contribution in [1.82, 2.24) is 0 Å². The number of benzene rings is 5. The van der Waals surface area contributed by atoms with Crippen molar-refractivity contribution in [2.24, 2.45) is 0 Å². The predicted octanol–water partition coefficient (Wildman–Crippen LogP) is 8.65. The van der Waals surface area contributed by atoms with E-state index in [1.165, 1.54) is 54.2 Å². The zero-order valence-electron chi connectivity index (χ0n) is 17.8. The zero-order valence-corrected chi connectivity index (χ0v) is 17.8. The Morgan fingerprint density at radius 3 is 1.67 bits per heavy atom. The van der Waals surface area contributed by atoms with Gasteiger partial charge in [0.2, 0.25) is 0 Å². The van der Waals surface area contributed by atoms with Gasteiger partial charge >= 0.3 is 0 Å². The van der Waals surface area contributed by atoms with Crippen molar-refractivity contribution in [3.05, 3.63) is 83.9 Å². The fraction of sp³-hybridized carbons (Fsp3) is 0.172. The number of hydrogen-bond acceptors (Lipinski definition) is 1. The molecular formula is C29H24O. The van der Waals surface area contributed by atoms with Crippen LogP contribution in [0.15, 0.2) is 77.2 Å². The Kier molecular flexibility index (Phi) is 3.42. The molecule has 0 atom stereocenters. The van der Waals surface area contributed by atoms with E-state index >= 15 is 0 Å². The van der Waals surface area contributed by atoms with E-state index in [2.05, 4.69) is 100 Å². The van der Waals surface area contributed by atoms with Crippen LogP contribution in [-0.2, 0) is 5.41 Å². The van der Waals surface area contributed by atoms with Gasteiger partial charge in [-0.25, -0.2) is 0 Å². The molecule has 0 aliphatic rings. The molecule has 1 heteroatoms. The standard InChI is InChI=1S/C29H24O/c1-17-13-14-22-25-15-23-20-11-7-5-9-18(20)19-10-6-8-12-21(19)24(23)16-26(25)30-28(22)27(17)29(2,3)4/h5-16H,1-4H3. The second kappa shape index (κ2) is 5.86. The first-order valence-electron chi connectivity index (χ1n) is 10.6. The SMILES string of the molecule is Cc1ccc2c(oc3cc4c5ccccc5c5ccccc5c4cc32)c1C(C)(C)C. The van der Waals surface area contributed by atoms with Crippen LogP contribution in [0.3, 0.4) is 0 Å². The molecule has 0 amide bonds. The second-order valence-corrected chi connectivity index (χ2v) is 9.47. The molecule has 5 aromatic carbocycles. The Labute approximate surface area is 175 Å². The topological polar surface area (TPSA) is 13.1 Å². The second-order valence-electron chi connectivity index (χ2n) is 9.47. The average Bonchev–Trinajstić information content (AvgIpc) is 3.08. The molecule has 0 unspecified atom stereocenters. The van der Waals surface area contributed by atoms with E-state index in [1.54, 1.807) is 0 Å². The van der Waals surface area contributed by atoms with Gasteiger partial charge in [0.15, 0.2) is 0 Å². The molecule has 0 aliphatic heterocycles. The molecule has 6 rings (SSSR count). The van der Waals surface area contributed by atoms with Gasteiger partial charge in [-0.2, -0.15) is 0 Å². The van der Waals surface area contributed by atoms with Crippen LogP contribution in [-0.4, -0.2) is 0 Å². The number of aryl methyl sites for hydroxylation is 1. The Morgan fingerprint density at radius 2 is 1.10 bits per heavy atom. The minimum atomic E-state index is 0.0241. The van der Waals surface area contributed by atoms with E-state index in [0.717, 1.165) is 11.2 Å². The van der Waals surface area contributed by atoms with Crippen molar-refractivity contribution in [3.8, 4) is 0 Å². The molecule has 0 spiro atoms. The molecule has 1 nitrogen and oxygen atoms in total. The highest BCUT2D eigenvalue weighted by Crippen LogP contribution is 2.42. The fourth-order valence-corrected chi connectivity index (χ4v) is 5.27. The van der Waals surface area contributed by atoms with Gasteiger partial charge in [0.25, 0.3) is 0 Å². The molecule has 0 N–H and O–H groups in total. The molecule has 0 saturated heterocycles. The van der Waals surface area contributed by atoms with Crippen LogP contribution in [0.4, 0.5) is 0 Å². The molecule has 6 aromatic rings. The van der Waals surface area contributed by atoms with Crippen molar-refractivity contribution in [3.63, 3.8) is 0 Å². The highest BCUT2D eigenvalue weighted by Gasteiger charge is 2.23. The highest BCUT2D eigenvalue weighted by atomic mass is 16.3. The van der Waals surface area contributed by atoms with Crippen molar-refractivity contribution in [1.29, 1.82) is 0 Å². The lowest BCUT2D eigenvalue weighted by atomic mass is 9.83. The van der Waals surface area contributed by atoms with E-state index in [-0.39, 0.29) is 5.41 Å². The number of furan rings is 1. The van der Waals surface area contributed by atoms with Crippen molar-refractivity contribution >= 4 is 54.3 Å².